The number of pyridine rings is 1. The summed E-state index contributed by atoms with van der Waals surface area (Å²) in [5.74, 6) is 1.11. The van der Waals surface area contributed by atoms with E-state index in [0.717, 1.165) is 24.0 Å². The Morgan fingerprint density at radius 3 is 2.74 bits per heavy atom. The van der Waals surface area contributed by atoms with E-state index in [1.54, 1.807) is 43.9 Å². The highest BCUT2D eigenvalue weighted by atomic mass is 16.5. The number of nitrogens with one attached hydrogen (secondary N) is 2. The molecule has 2 aromatic heterocycles. The number of likely N-dealkylation sites (N-methyl/N-ethyl adjacent to an activating group) is 1. The van der Waals surface area contributed by atoms with Gasteiger partial charge in [-0.1, -0.05) is 0 Å². The Kier molecular flexibility index (Phi) is 5.85. The number of methoxy groups -OCH3 is 1. The molecule has 0 bridgehead atoms. The number of ether oxygens (including phenoxy) is 1. The summed E-state index contributed by atoms with van der Waals surface area (Å²) >= 11 is 0. The van der Waals surface area contributed by atoms with Gasteiger partial charge in [0.1, 0.15) is 23.8 Å². The zero-order chi connectivity index (χ0) is 24.7. The number of anilines is 1. The van der Waals surface area contributed by atoms with Crippen LogP contribution < -0.4 is 10.6 Å². The molecular formula is C24H28N8O3. The van der Waals surface area contributed by atoms with Crippen molar-refractivity contribution in [3.8, 4) is 22.6 Å². The van der Waals surface area contributed by atoms with Crippen molar-refractivity contribution in [2.75, 3.05) is 33.6 Å². The molecule has 2 atom stereocenters. The average Bonchev–Trinajstić information content (AvgIpc) is 3.46. The minimum absolute atomic E-state index is 0.0158. The molecule has 0 saturated heterocycles. The third kappa shape index (κ3) is 3.97. The van der Waals surface area contributed by atoms with Gasteiger partial charge in [0.25, 0.3) is 5.91 Å². The van der Waals surface area contributed by atoms with E-state index in [0.29, 0.717) is 28.5 Å². The third-order valence-corrected chi connectivity index (χ3v) is 6.53. The molecule has 11 heteroatoms. The van der Waals surface area contributed by atoms with Gasteiger partial charge in [0.2, 0.25) is 5.91 Å². The van der Waals surface area contributed by atoms with E-state index < -0.39 is 0 Å². The van der Waals surface area contributed by atoms with E-state index in [4.69, 9.17) is 9.72 Å². The Morgan fingerprint density at radius 1 is 1.23 bits per heavy atom. The fourth-order valence-corrected chi connectivity index (χ4v) is 4.31. The van der Waals surface area contributed by atoms with Crippen molar-refractivity contribution < 1.29 is 14.3 Å². The molecule has 1 saturated carbocycles. The second kappa shape index (κ2) is 8.99. The van der Waals surface area contributed by atoms with Crippen molar-refractivity contribution in [2.45, 2.75) is 31.5 Å². The zero-order valence-electron chi connectivity index (χ0n) is 20.1. The predicted molar refractivity (Wildman–Crippen MR) is 130 cm³/mol. The van der Waals surface area contributed by atoms with Crippen LogP contribution in [0.25, 0.3) is 28.3 Å². The first-order valence-electron chi connectivity index (χ1n) is 11.5. The smallest absolute Gasteiger partial charge is 0.257 e. The van der Waals surface area contributed by atoms with Gasteiger partial charge in [-0.05, 0) is 25.0 Å². The van der Waals surface area contributed by atoms with Crippen LogP contribution in [0.15, 0.2) is 36.8 Å². The molecule has 2 N–H and O–H groups in total. The lowest BCUT2D eigenvalue weighted by Gasteiger charge is -2.35. The quantitative estimate of drug-likeness (QED) is 0.417. The Labute approximate surface area is 202 Å². The van der Waals surface area contributed by atoms with E-state index in [9.17, 15) is 9.59 Å². The SMILES string of the molecule is CNc1cc(-c2cnc3n(CC(=O)N(C)C)cccc2-3)nc2c(C(=O)N[C@H]3CC[C@@H]3OC)cnn12. The number of aromatic nitrogens is 5. The van der Waals surface area contributed by atoms with Crippen LogP contribution in [-0.2, 0) is 16.1 Å². The lowest BCUT2D eigenvalue weighted by atomic mass is 9.89. The van der Waals surface area contributed by atoms with Gasteiger partial charge in [-0.2, -0.15) is 9.61 Å². The van der Waals surface area contributed by atoms with E-state index in [-0.39, 0.29) is 30.5 Å². The molecule has 11 nitrogen and oxygen atoms in total. The molecule has 0 unspecified atom stereocenters. The molecule has 182 valence electrons. The van der Waals surface area contributed by atoms with Gasteiger partial charge >= 0.3 is 0 Å². The second-order valence-corrected chi connectivity index (χ2v) is 8.84. The Bertz CT molecular complexity index is 1370. The second-order valence-electron chi connectivity index (χ2n) is 8.84. The summed E-state index contributed by atoms with van der Waals surface area (Å²) in [4.78, 5) is 36.3. The van der Waals surface area contributed by atoms with Gasteiger partial charge in [0, 0.05) is 57.8 Å². The molecule has 1 aliphatic carbocycles. The van der Waals surface area contributed by atoms with Crippen LogP contribution in [0.2, 0.25) is 0 Å². The normalized spacial score (nSPS) is 17.4. The Morgan fingerprint density at radius 2 is 2.06 bits per heavy atom. The van der Waals surface area contributed by atoms with E-state index in [2.05, 4.69) is 20.7 Å². The number of fused-ring (bicyclic) bond motifs is 2. The number of hydrogen-bond acceptors (Lipinski definition) is 7. The number of hydrogen-bond donors (Lipinski definition) is 2. The highest BCUT2D eigenvalue weighted by molar-refractivity contribution is 6.00. The lowest BCUT2D eigenvalue weighted by molar-refractivity contribution is -0.129. The molecule has 1 fully saturated rings. The van der Waals surface area contributed by atoms with Gasteiger partial charge < -0.3 is 24.8 Å². The van der Waals surface area contributed by atoms with Crippen molar-refractivity contribution in [3.63, 3.8) is 0 Å². The van der Waals surface area contributed by atoms with Gasteiger partial charge in [0.05, 0.1) is 24.0 Å². The van der Waals surface area contributed by atoms with Crippen LogP contribution in [0.3, 0.4) is 0 Å². The van der Waals surface area contributed by atoms with E-state index in [1.165, 1.54) is 6.20 Å². The minimum atomic E-state index is -0.232. The lowest BCUT2D eigenvalue weighted by Crippen LogP contribution is -2.51. The van der Waals surface area contributed by atoms with E-state index >= 15 is 0 Å². The van der Waals surface area contributed by atoms with Gasteiger partial charge in [-0.25, -0.2) is 9.97 Å². The summed E-state index contributed by atoms with van der Waals surface area (Å²) in [6.45, 7) is 0.186. The molecule has 3 aliphatic rings. The monoisotopic (exact) mass is 476 g/mol. The number of carbonyl (C=O) groups is 2. The highest BCUT2D eigenvalue weighted by Crippen LogP contribution is 2.34. The van der Waals surface area contributed by atoms with Crippen molar-refractivity contribution in [3.05, 3.63) is 42.4 Å². The van der Waals surface area contributed by atoms with Crippen LogP contribution in [0.5, 0.6) is 0 Å². The van der Waals surface area contributed by atoms with Gasteiger partial charge in [-0.3, -0.25) is 9.59 Å². The molecule has 0 aromatic carbocycles. The number of carbonyl (C=O) groups excluding carboxylic acids is 2. The fourth-order valence-electron chi connectivity index (χ4n) is 4.31. The number of amides is 2. The summed E-state index contributed by atoms with van der Waals surface area (Å²) in [7, 11) is 6.90. The first-order chi connectivity index (χ1) is 16.9. The van der Waals surface area contributed by atoms with Gasteiger partial charge in [-0.15, -0.1) is 0 Å². The molecule has 2 aliphatic heterocycles. The van der Waals surface area contributed by atoms with E-state index in [1.807, 2.05) is 29.0 Å². The van der Waals surface area contributed by atoms with Crippen LogP contribution in [0.1, 0.15) is 23.2 Å². The van der Waals surface area contributed by atoms with Crippen molar-refractivity contribution >= 4 is 23.3 Å². The number of nitrogens with zero attached hydrogens (tertiary/aromatic N) is 6. The first kappa shape index (κ1) is 22.8. The first-order valence-corrected chi connectivity index (χ1v) is 11.5. The largest absolute Gasteiger partial charge is 0.379 e. The molecular weight excluding hydrogens is 448 g/mol. The summed E-state index contributed by atoms with van der Waals surface area (Å²) < 4.78 is 8.84. The summed E-state index contributed by atoms with van der Waals surface area (Å²) in [5.41, 5.74) is 3.14. The predicted octanol–water partition coefficient (Wildman–Crippen LogP) is 1.73. The fraction of sp³-hybridized carbons (Fsp3) is 0.375. The van der Waals surface area contributed by atoms with Gasteiger partial charge in [0.15, 0.2) is 5.65 Å². The number of rotatable bonds is 7. The topological polar surface area (TPSA) is 119 Å². The molecule has 0 radical (unpaired) electrons. The maximum atomic E-state index is 13.1. The summed E-state index contributed by atoms with van der Waals surface area (Å²) in [5, 5.41) is 10.6. The molecule has 2 aromatic rings. The maximum absolute atomic E-state index is 13.1. The van der Waals surface area contributed by atoms with Crippen LogP contribution >= 0.6 is 0 Å². The molecule has 5 rings (SSSR count). The molecule has 2 amide bonds. The van der Waals surface area contributed by atoms with Crippen molar-refractivity contribution in [1.29, 1.82) is 0 Å². The average molecular weight is 477 g/mol. The third-order valence-electron chi connectivity index (χ3n) is 6.53. The van der Waals surface area contributed by atoms with Crippen LogP contribution in [-0.4, -0.2) is 81.3 Å². The van der Waals surface area contributed by atoms with Crippen molar-refractivity contribution in [2.24, 2.45) is 0 Å². The maximum Gasteiger partial charge on any atom is 0.257 e. The molecule has 35 heavy (non-hydrogen) atoms. The van der Waals surface area contributed by atoms with Crippen LogP contribution in [0, 0.1) is 0 Å². The molecule has 4 heterocycles. The molecule has 0 spiro atoms. The Hall–Kier alpha value is -3.99. The van der Waals surface area contributed by atoms with Crippen molar-refractivity contribution in [1.82, 2.24) is 34.4 Å². The highest BCUT2D eigenvalue weighted by Gasteiger charge is 2.33. The minimum Gasteiger partial charge on any atom is -0.379 e. The van der Waals surface area contributed by atoms with Crippen LogP contribution in [0.4, 0.5) is 5.82 Å². The zero-order valence-corrected chi connectivity index (χ0v) is 20.1. The summed E-state index contributed by atoms with van der Waals surface area (Å²) in [6.07, 6.45) is 6.96. The summed E-state index contributed by atoms with van der Waals surface area (Å²) in [6, 6.07) is 5.69. The Balaban J connectivity index is 1.52. The standard InChI is InChI=1S/C24H28N8O3/c1-25-20-10-18(15-11-26-22-14(15)6-5-9-31(22)13-21(33)30(2)3)28-23-16(12-27-32(20)23)24(34)29-17-7-8-19(17)35-4/h5-6,9-12,17,19,25H,7-8,13H2,1-4H3,(H,29,34)/t17-,19-/m0/s1.